The van der Waals surface area contributed by atoms with Crippen molar-refractivity contribution in [1.82, 2.24) is 0 Å². The van der Waals surface area contributed by atoms with Gasteiger partial charge in [0, 0.05) is 5.88 Å². The first-order valence-electron chi connectivity index (χ1n) is 5.42. The van der Waals surface area contributed by atoms with Gasteiger partial charge in [0.25, 0.3) is 0 Å². The molecule has 3 saturated carbocycles. The van der Waals surface area contributed by atoms with Gasteiger partial charge in [-0.15, -0.1) is 11.6 Å². The van der Waals surface area contributed by atoms with Crippen LogP contribution in [0.1, 0.15) is 30.4 Å². The molecule has 3 aliphatic rings. The van der Waals surface area contributed by atoms with Crippen LogP contribution in [0.15, 0.2) is 18.2 Å². The Kier molecular flexibility index (Phi) is 1.78. The Morgan fingerprint density at radius 1 is 1.33 bits per heavy atom. The fourth-order valence-electron chi connectivity index (χ4n) is 3.42. The van der Waals surface area contributed by atoms with Gasteiger partial charge in [0.2, 0.25) is 0 Å². The number of rotatable bonds is 2. The molecule has 0 spiro atoms. The van der Waals surface area contributed by atoms with E-state index in [0.29, 0.717) is 10.8 Å². The Labute approximate surface area is 94.4 Å². The third kappa shape index (κ3) is 1.13. The van der Waals surface area contributed by atoms with Crippen LogP contribution >= 0.6 is 11.6 Å². The van der Waals surface area contributed by atoms with Crippen molar-refractivity contribution in [3.05, 3.63) is 35.1 Å². The van der Waals surface area contributed by atoms with Gasteiger partial charge < -0.3 is 0 Å². The van der Waals surface area contributed by atoms with Crippen LogP contribution in [0, 0.1) is 18.2 Å². The molecule has 0 atom stereocenters. The topological polar surface area (TPSA) is 0 Å². The molecule has 0 N–H and O–H groups in total. The lowest BCUT2D eigenvalue weighted by molar-refractivity contribution is -0.122. The molecule has 1 aromatic carbocycles. The van der Waals surface area contributed by atoms with Gasteiger partial charge in [0.15, 0.2) is 0 Å². The Morgan fingerprint density at radius 3 is 2.53 bits per heavy atom. The summed E-state index contributed by atoms with van der Waals surface area (Å²) >= 11 is 5.93. The number of benzene rings is 1. The summed E-state index contributed by atoms with van der Waals surface area (Å²) in [5.41, 5.74) is 2.86. The Hall–Kier alpha value is -0.560. The largest absolute Gasteiger partial charge is 0.207 e. The molecule has 0 saturated heterocycles. The van der Waals surface area contributed by atoms with Crippen LogP contribution in [-0.2, 0) is 5.41 Å². The van der Waals surface area contributed by atoms with Crippen molar-refractivity contribution in [2.24, 2.45) is 5.41 Å². The maximum atomic E-state index is 13.1. The van der Waals surface area contributed by atoms with Crippen molar-refractivity contribution in [2.75, 3.05) is 5.88 Å². The molecular weight excluding hydrogens is 211 g/mol. The molecule has 0 radical (unpaired) electrons. The predicted molar refractivity (Wildman–Crippen MR) is 59.8 cm³/mol. The molecule has 1 aromatic rings. The number of hydrogen-bond acceptors (Lipinski definition) is 0. The molecular formula is C13H14ClF. The van der Waals surface area contributed by atoms with Gasteiger partial charge >= 0.3 is 0 Å². The van der Waals surface area contributed by atoms with E-state index in [4.69, 9.17) is 11.6 Å². The van der Waals surface area contributed by atoms with E-state index in [0.717, 1.165) is 11.4 Å². The fourth-order valence-corrected chi connectivity index (χ4v) is 3.70. The highest BCUT2D eigenvalue weighted by Gasteiger charge is 2.67. The normalized spacial score (nSPS) is 37.0. The molecule has 2 heteroatoms. The molecule has 2 bridgehead atoms. The molecule has 0 aliphatic heterocycles. The third-order valence-electron chi connectivity index (χ3n) is 4.19. The second-order valence-electron chi connectivity index (χ2n) is 5.41. The summed E-state index contributed by atoms with van der Waals surface area (Å²) in [6.07, 6.45) is 3.61. The zero-order chi connectivity index (χ0) is 10.7. The summed E-state index contributed by atoms with van der Waals surface area (Å²) in [7, 11) is 0. The van der Waals surface area contributed by atoms with Gasteiger partial charge in [-0.3, -0.25) is 0 Å². The molecule has 0 heterocycles. The number of alkyl halides is 1. The lowest BCUT2D eigenvalue weighted by Gasteiger charge is -2.71. The second-order valence-corrected chi connectivity index (χ2v) is 5.68. The summed E-state index contributed by atoms with van der Waals surface area (Å²) in [4.78, 5) is 0. The van der Waals surface area contributed by atoms with Crippen LogP contribution in [0.4, 0.5) is 4.39 Å². The average molecular weight is 225 g/mol. The maximum absolute atomic E-state index is 13.1. The van der Waals surface area contributed by atoms with E-state index in [2.05, 4.69) is 0 Å². The predicted octanol–water partition coefficient (Wildman–Crippen LogP) is 3.79. The Bertz CT molecular complexity index is 405. The highest BCUT2D eigenvalue weighted by molar-refractivity contribution is 6.18. The maximum Gasteiger partial charge on any atom is 0.126 e. The summed E-state index contributed by atoms with van der Waals surface area (Å²) < 4.78 is 13.1. The Balaban J connectivity index is 1.88. The molecule has 0 unspecified atom stereocenters. The zero-order valence-corrected chi connectivity index (χ0v) is 9.57. The van der Waals surface area contributed by atoms with E-state index in [1.54, 1.807) is 6.07 Å². The van der Waals surface area contributed by atoms with Gasteiger partial charge in [0.05, 0.1) is 0 Å². The lowest BCUT2D eigenvalue weighted by atomic mass is 9.34. The van der Waals surface area contributed by atoms with E-state index in [1.165, 1.54) is 24.8 Å². The minimum Gasteiger partial charge on any atom is -0.207 e. The first-order chi connectivity index (χ1) is 7.09. The first-order valence-corrected chi connectivity index (χ1v) is 5.95. The summed E-state index contributed by atoms with van der Waals surface area (Å²) in [5, 5.41) is 0. The van der Waals surface area contributed by atoms with Crippen LogP contribution in [0.2, 0.25) is 0 Å². The first kappa shape index (κ1) is 9.65. The molecule has 3 fully saturated rings. The van der Waals surface area contributed by atoms with Crippen LogP contribution in [0.3, 0.4) is 0 Å². The van der Waals surface area contributed by atoms with Crippen molar-refractivity contribution in [2.45, 2.75) is 31.6 Å². The van der Waals surface area contributed by atoms with E-state index in [9.17, 15) is 4.39 Å². The zero-order valence-electron chi connectivity index (χ0n) is 8.82. The molecule has 80 valence electrons. The minimum absolute atomic E-state index is 0.0996. The number of hydrogen-bond donors (Lipinski definition) is 0. The van der Waals surface area contributed by atoms with Gasteiger partial charge in [-0.1, -0.05) is 12.1 Å². The van der Waals surface area contributed by atoms with Crippen molar-refractivity contribution >= 4 is 11.6 Å². The van der Waals surface area contributed by atoms with E-state index in [1.807, 2.05) is 19.1 Å². The van der Waals surface area contributed by atoms with Crippen molar-refractivity contribution in [3.63, 3.8) is 0 Å². The van der Waals surface area contributed by atoms with Gasteiger partial charge in [-0.05, 0) is 54.2 Å². The van der Waals surface area contributed by atoms with Crippen LogP contribution in [0.5, 0.6) is 0 Å². The highest BCUT2D eigenvalue weighted by atomic mass is 35.5. The SMILES string of the molecule is Cc1cc(C23CC(CCl)(C2)C3)ccc1F. The fraction of sp³-hybridized carbons (Fsp3) is 0.538. The minimum atomic E-state index is -0.0996. The summed E-state index contributed by atoms with van der Waals surface area (Å²) in [6.45, 7) is 1.83. The van der Waals surface area contributed by atoms with E-state index < -0.39 is 0 Å². The lowest BCUT2D eigenvalue weighted by Crippen LogP contribution is -2.65. The van der Waals surface area contributed by atoms with Gasteiger partial charge in [-0.2, -0.15) is 0 Å². The second kappa shape index (κ2) is 2.76. The van der Waals surface area contributed by atoms with Crippen molar-refractivity contribution in [1.29, 1.82) is 0 Å². The summed E-state index contributed by atoms with van der Waals surface area (Å²) in [6, 6.07) is 5.55. The van der Waals surface area contributed by atoms with E-state index in [-0.39, 0.29) is 5.82 Å². The Morgan fingerprint density at radius 2 is 2.00 bits per heavy atom. The summed E-state index contributed by atoms with van der Waals surface area (Å²) in [5.74, 6) is 0.687. The third-order valence-corrected chi connectivity index (χ3v) is 4.76. The van der Waals surface area contributed by atoms with Crippen molar-refractivity contribution in [3.8, 4) is 0 Å². The quantitative estimate of drug-likeness (QED) is 0.671. The molecule has 15 heavy (non-hydrogen) atoms. The van der Waals surface area contributed by atoms with E-state index >= 15 is 0 Å². The van der Waals surface area contributed by atoms with Gasteiger partial charge in [-0.25, -0.2) is 4.39 Å². The highest BCUT2D eigenvalue weighted by Crippen LogP contribution is 2.73. The molecule has 3 aliphatic carbocycles. The smallest absolute Gasteiger partial charge is 0.126 e. The molecule has 0 aromatic heterocycles. The molecule has 4 rings (SSSR count). The standard InChI is InChI=1S/C13H14ClF/c1-9-4-10(2-3-11(9)15)13-5-12(6-13,7-13)8-14/h2-4H,5-8H2,1H3. The number of aryl methyl sites for hydroxylation is 1. The van der Waals surface area contributed by atoms with Gasteiger partial charge in [0.1, 0.15) is 5.82 Å². The average Bonchev–Trinajstić information content (AvgIpc) is 2.07. The van der Waals surface area contributed by atoms with Crippen molar-refractivity contribution < 1.29 is 4.39 Å². The number of halogens is 2. The van der Waals surface area contributed by atoms with Crippen LogP contribution < -0.4 is 0 Å². The van der Waals surface area contributed by atoms with Crippen LogP contribution in [0.25, 0.3) is 0 Å². The molecule has 0 nitrogen and oxygen atoms in total. The van der Waals surface area contributed by atoms with Crippen LogP contribution in [-0.4, -0.2) is 5.88 Å². The molecule has 0 amide bonds. The monoisotopic (exact) mass is 224 g/mol.